The molecule has 23 heavy (non-hydrogen) atoms. The summed E-state index contributed by atoms with van der Waals surface area (Å²) in [6.07, 6.45) is 4.85. The summed E-state index contributed by atoms with van der Waals surface area (Å²) in [5.41, 5.74) is 0.859. The van der Waals surface area contributed by atoms with Gasteiger partial charge in [-0.2, -0.15) is 0 Å². The van der Waals surface area contributed by atoms with Crippen LogP contribution in [-0.4, -0.2) is 29.6 Å². The van der Waals surface area contributed by atoms with Gasteiger partial charge in [-0.15, -0.1) is 0 Å². The molecule has 5 nitrogen and oxygen atoms in total. The Morgan fingerprint density at radius 2 is 1.70 bits per heavy atom. The molecule has 1 unspecified atom stereocenters. The number of hydrogen-bond acceptors (Lipinski definition) is 3. The Labute approximate surface area is 141 Å². The molecule has 1 fully saturated rings. The van der Waals surface area contributed by atoms with E-state index in [1.54, 1.807) is 24.3 Å². The van der Waals surface area contributed by atoms with Crippen LogP contribution in [0.15, 0.2) is 24.3 Å². The van der Waals surface area contributed by atoms with Gasteiger partial charge in [0.25, 0.3) is 0 Å². The van der Waals surface area contributed by atoms with Crippen LogP contribution in [0.2, 0.25) is 5.02 Å². The lowest BCUT2D eigenvalue weighted by atomic mass is 9.85. The first-order chi connectivity index (χ1) is 11.1. The van der Waals surface area contributed by atoms with Crippen molar-refractivity contribution in [3.05, 3.63) is 34.9 Å². The van der Waals surface area contributed by atoms with E-state index in [-0.39, 0.29) is 19.0 Å². The molecule has 1 aromatic carbocycles. The third kappa shape index (κ3) is 5.84. The molecular formula is C17H23ClN2O3. The zero-order valence-electron chi connectivity index (χ0n) is 13.1. The van der Waals surface area contributed by atoms with Crippen LogP contribution in [-0.2, 0) is 16.1 Å². The summed E-state index contributed by atoms with van der Waals surface area (Å²) in [5.74, 6) is -1.19. The molecular weight excluding hydrogens is 316 g/mol. The summed E-state index contributed by atoms with van der Waals surface area (Å²) >= 11 is 5.78. The topological polar surface area (TPSA) is 78.4 Å². The molecule has 1 saturated carbocycles. The Morgan fingerprint density at radius 1 is 1.09 bits per heavy atom. The fraction of sp³-hybridized carbons (Fsp3) is 0.529. The molecule has 0 aromatic heterocycles. The van der Waals surface area contributed by atoms with Gasteiger partial charge in [-0.05, 0) is 36.5 Å². The lowest BCUT2D eigenvalue weighted by molar-refractivity contribution is -0.139. The van der Waals surface area contributed by atoms with Gasteiger partial charge in [-0.1, -0.05) is 43.0 Å². The second kappa shape index (κ2) is 8.89. The molecule has 2 amide bonds. The summed E-state index contributed by atoms with van der Waals surface area (Å²) in [6.45, 7) is 0.381. The average Bonchev–Trinajstić information content (AvgIpc) is 2.59. The van der Waals surface area contributed by atoms with Crippen molar-refractivity contribution < 1.29 is 14.7 Å². The molecule has 1 aromatic rings. The Bertz CT molecular complexity index is 527. The highest BCUT2D eigenvalue weighted by Crippen LogP contribution is 2.26. The van der Waals surface area contributed by atoms with E-state index in [1.165, 1.54) is 6.42 Å². The number of aliphatic hydroxyl groups is 1. The Hall–Kier alpha value is -1.59. The largest absolute Gasteiger partial charge is 0.391 e. The molecule has 1 aliphatic rings. The van der Waals surface area contributed by atoms with Crippen LogP contribution in [0.25, 0.3) is 0 Å². The standard InChI is InChI=1S/C17H23ClN2O3/c18-14-8-6-12(7-9-14)10-19-16(22)17(23)20-11-15(21)13-4-2-1-3-5-13/h6-9,13,15,21H,1-5,10-11H2,(H,19,22)(H,20,23). The second-order valence-electron chi connectivity index (χ2n) is 5.98. The second-order valence-corrected chi connectivity index (χ2v) is 6.42. The van der Waals surface area contributed by atoms with Crippen LogP contribution in [0.4, 0.5) is 0 Å². The number of halogens is 1. The van der Waals surface area contributed by atoms with Crippen LogP contribution in [0.5, 0.6) is 0 Å². The summed E-state index contributed by atoms with van der Waals surface area (Å²) in [4.78, 5) is 23.5. The molecule has 1 atom stereocenters. The van der Waals surface area contributed by atoms with E-state index in [0.717, 1.165) is 31.2 Å². The maximum atomic E-state index is 11.8. The van der Waals surface area contributed by atoms with Crippen molar-refractivity contribution in [3.63, 3.8) is 0 Å². The highest BCUT2D eigenvalue weighted by Gasteiger charge is 2.23. The van der Waals surface area contributed by atoms with Crippen molar-refractivity contribution in [1.29, 1.82) is 0 Å². The van der Waals surface area contributed by atoms with Gasteiger partial charge in [0.2, 0.25) is 0 Å². The molecule has 126 valence electrons. The number of amides is 2. The van der Waals surface area contributed by atoms with Crippen molar-refractivity contribution in [2.75, 3.05) is 6.54 Å². The van der Waals surface area contributed by atoms with E-state index in [1.807, 2.05) is 0 Å². The van der Waals surface area contributed by atoms with Crippen molar-refractivity contribution >= 4 is 23.4 Å². The number of aliphatic hydroxyl groups excluding tert-OH is 1. The zero-order chi connectivity index (χ0) is 16.7. The van der Waals surface area contributed by atoms with E-state index >= 15 is 0 Å². The van der Waals surface area contributed by atoms with Gasteiger partial charge in [0, 0.05) is 18.1 Å². The van der Waals surface area contributed by atoms with E-state index in [9.17, 15) is 14.7 Å². The van der Waals surface area contributed by atoms with Gasteiger partial charge in [0.05, 0.1) is 6.10 Å². The maximum absolute atomic E-state index is 11.8. The average molecular weight is 339 g/mol. The third-order valence-corrected chi connectivity index (χ3v) is 4.49. The number of carbonyl (C=O) groups is 2. The highest BCUT2D eigenvalue weighted by molar-refractivity contribution is 6.35. The van der Waals surface area contributed by atoms with Gasteiger partial charge in [0.1, 0.15) is 0 Å². The van der Waals surface area contributed by atoms with Crippen molar-refractivity contribution in [3.8, 4) is 0 Å². The summed E-state index contributed by atoms with van der Waals surface area (Å²) < 4.78 is 0. The molecule has 0 spiro atoms. The molecule has 0 aliphatic heterocycles. The molecule has 1 aliphatic carbocycles. The summed E-state index contributed by atoms with van der Waals surface area (Å²) in [6, 6.07) is 7.02. The number of nitrogens with one attached hydrogen (secondary N) is 2. The fourth-order valence-electron chi connectivity index (χ4n) is 2.83. The van der Waals surface area contributed by atoms with Gasteiger partial charge in [-0.3, -0.25) is 9.59 Å². The molecule has 0 bridgehead atoms. The smallest absolute Gasteiger partial charge is 0.309 e. The number of benzene rings is 1. The molecule has 0 heterocycles. The lowest BCUT2D eigenvalue weighted by Gasteiger charge is -2.26. The third-order valence-electron chi connectivity index (χ3n) is 4.24. The highest BCUT2D eigenvalue weighted by atomic mass is 35.5. The van der Waals surface area contributed by atoms with Crippen LogP contribution in [0.3, 0.4) is 0 Å². The quantitative estimate of drug-likeness (QED) is 0.719. The molecule has 2 rings (SSSR count). The van der Waals surface area contributed by atoms with Crippen LogP contribution in [0, 0.1) is 5.92 Å². The minimum Gasteiger partial charge on any atom is -0.391 e. The predicted octanol–water partition coefficient (Wildman–Crippen LogP) is 2.01. The molecule has 0 radical (unpaired) electrons. The van der Waals surface area contributed by atoms with E-state index < -0.39 is 17.9 Å². The minimum atomic E-state index is -0.714. The van der Waals surface area contributed by atoms with E-state index in [0.29, 0.717) is 5.02 Å². The number of rotatable bonds is 5. The zero-order valence-corrected chi connectivity index (χ0v) is 13.8. The predicted molar refractivity (Wildman–Crippen MR) is 88.9 cm³/mol. The van der Waals surface area contributed by atoms with E-state index in [2.05, 4.69) is 10.6 Å². The fourth-order valence-corrected chi connectivity index (χ4v) is 2.95. The Morgan fingerprint density at radius 3 is 2.35 bits per heavy atom. The maximum Gasteiger partial charge on any atom is 0.309 e. The monoisotopic (exact) mass is 338 g/mol. The lowest BCUT2D eigenvalue weighted by Crippen LogP contribution is -2.44. The first kappa shape index (κ1) is 17.8. The van der Waals surface area contributed by atoms with Crippen LogP contribution >= 0.6 is 11.6 Å². The van der Waals surface area contributed by atoms with Crippen molar-refractivity contribution in [2.24, 2.45) is 5.92 Å². The molecule has 6 heteroatoms. The van der Waals surface area contributed by atoms with Crippen LogP contribution in [0.1, 0.15) is 37.7 Å². The summed E-state index contributed by atoms with van der Waals surface area (Å²) in [5, 5.41) is 15.7. The SMILES string of the molecule is O=C(NCc1ccc(Cl)cc1)C(=O)NCC(O)C1CCCCC1. The Balaban J connectivity index is 1.69. The first-order valence-electron chi connectivity index (χ1n) is 8.05. The van der Waals surface area contributed by atoms with Gasteiger partial charge < -0.3 is 15.7 Å². The molecule has 3 N–H and O–H groups in total. The summed E-state index contributed by atoms with van der Waals surface area (Å²) in [7, 11) is 0. The van der Waals surface area contributed by atoms with Crippen molar-refractivity contribution in [1.82, 2.24) is 10.6 Å². The number of carbonyl (C=O) groups excluding carboxylic acids is 2. The molecule has 0 saturated heterocycles. The Kier molecular flexibility index (Phi) is 6.86. The van der Waals surface area contributed by atoms with Crippen molar-refractivity contribution in [2.45, 2.75) is 44.8 Å². The van der Waals surface area contributed by atoms with Gasteiger partial charge in [-0.25, -0.2) is 0 Å². The van der Waals surface area contributed by atoms with Gasteiger partial charge in [0.15, 0.2) is 0 Å². The van der Waals surface area contributed by atoms with E-state index in [4.69, 9.17) is 11.6 Å². The minimum absolute atomic E-state index is 0.123. The van der Waals surface area contributed by atoms with Crippen LogP contribution < -0.4 is 10.6 Å². The normalized spacial score (nSPS) is 16.6. The first-order valence-corrected chi connectivity index (χ1v) is 8.42. The number of hydrogen-bond donors (Lipinski definition) is 3. The van der Waals surface area contributed by atoms with Gasteiger partial charge >= 0.3 is 11.8 Å².